The van der Waals surface area contributed by atoms with Gasteiger partial charge in [0.25, 0.3) is 0 Å². The van der Waals surface area contributed by atoms with E-state index in [0.717, 1.165) is 0 Å². The highest BCUT2D eigenvalue weighted by Gasteiger charge is 2.30. The second-order valence-electron chi connectivity index (χ2n) is 5.31. The maximum Gasteiger partial charge on any atom is 0.170 e. The maximum absolute atomic E-state index is 13.6. The molecular weight excluding hydrogens is 297 g/mol. The number of nitrogens with two attached hydrogens (primary N) is 1. The molecule has 21 heavy (non-hydrogen) atoms. The van der Waals surface area contributed by atoms with Crippen LogP contribution < -0.4 is 5.73 Å². The van der Waals surface area contributed by atoms with Gasteiger partial charge >= 0.3 is 0 Å². The second-order valence-corrected chi connectivity index (χ2v) is 7.53. The smallest absolute Gasteiger partial charge is 0.170 e. The lowest BCUT2D eigenvalue weighted by molar-refractivity contribution is 0.253. The van der Waals surface area contributed by atoms with E-state index in [1.807, 2.05) is 4.90 Å². The first-order valence-electron chi connectivity index (χ1n) is 6.49. The number of nitrogens with zero attached hydrogens (tertiary/aromatic N) is 2. The lowest BCUT2D eigenvalue weighted by Crippen LogP contribution is -2.32. The minimum Gasteiger partial charge on any atom is -0.409 e. The summed E-state index contributed by atoms with van der Waals surface area (Å²) in [6.45, 7) is 0.393. The zero-order chi connectivity index (χ0) is 15.6. The summed E-state index contributed by atoms with van der Waals surface area (Å²) in [5.41, 5.74) is 6.39. The normalized spacial score (nSPS) is 21.9. The Kier molecular flexibility index (Phi) is 4.48. The van der Waals surface area contributed by atoms with Gasteiger partial charge in [0.05, 0.1) is 11.5 Å². The minimum atomic E-state index is -2.95. The Bertz CT molecular complexity index is 661. The molecule has 1 aliphatic heterocycles. The van der Waals surface area contributed by atoms with Crippen molar-refractivity contribution in [2.24, 2.45) is 10.9 Å². The zero-order valence-electron chi connectivity index (χ0n) is 11.7. The third-order valence-corrected chi connectivity index (χ3v) is 5.38. The van der Waals surface area contributed by atoms with Crippen molar-refractivity contribution in [3.05, 3.63) is 35.1 Å². The van der Waals surface area contributed by atoms with E-state index >= 15 is 0 Å². The molecular formula is C13H18FN3O3S. The molecule has 0 aliphatic carbocycles. The lowest BCUT2D eigenvalue weighted by atomic mass is 10.1. The van der Waals surface area contributed by atoms with Crippen LogP contribution in [0.25, 0.3) is 0 Å². The molecule has 1 aromatic rings. The van der Waals surface area contributed by atoms with Gasteiger partial charge in [0, 0.05) is 18.2 Å². The summed E-state index contributed by atoms with van der Waals surface area (Å²) >= 11 is 0. The van der Waals surface area contributed by atoms with Crippen LogP contribution in [-0.4, -0.2) is 49.0 Å². The number of oxime groups is 1. The van der Waals surface area contributed by atoms with Crippen LogP contribution in [0.4, 0.5) is 4.39 Å². The Labute approximate surface area is 123 Å². The maximum atomic E-state index is 13.6. The average Bonchev–Trinajstić information content (AvgIpc) is 2.77. The monoisotopic (exact) mass is 315 g/mol. The summed E-state index contributed by atoms with van der Waals surface area (Å²) < 4.78 is 36.5. The van der Waals surface area contributed by atoms with Gasteiger partial charge in [0.1, 0.15) is 5.82 Å². The highest BCUT2D eigenvalue weighted by molar-refractivity contribution is 7.91. The van der Waals surface area contributed by atoms with Crippen LogP contribution in [0.5, 0.6) is 0 Å². The quantitative estimate of drug-likeness (QED) is 0.366. The molecule has 3 N–H and O–H groups in total. The van der Waals surface area contributed by atoms with Gasteiger partial charge in [-0.3, -0.25) is 4.90 Å². The van der Waals surface area contributed by atoms with Gasteiger partial charge in [-0.2, -0.15) is 0 Å². The van der Waals surface area contributed by atoms with Crippen molar-refractivity contribution in [2.45, 2.75) is 19.0 Å². The van der Waals surface area contributed by atoms with Crippen LogP contribution in [0.1, 0.15) is 17.5 Å². The Hall–Kier alpha value is -1.67. The molecule has 6 nitrogen and oxygen atoms in total. The fraction of sp³-hybridized carbons (Fsp3) is 0.462. The molecule has 1 aromatic carbocycles. The van der Waals surface area contributed by atoms with Crippen molar-refractivity contribution < 1.29 is 18.0 Å². The largest absolute Gasteiger partial charge is 0.409 e. The first-order chi connectivity index (χ1) is 9.80. The third kappa shape index (κ3) is 3.92. The molecule has 1 atom stereocenters. The van der Waals surface area contributed by atoms with Gasteiger partial charge in [0.2, 0.25) is 0 Å². The molecule has 1 unspecified atom stereocenters. The number of hydrogen-bond donors (Lipinski definition) is 2. The number of rotatable bonds is 4. The average molecular weight is 315 g/mol. The molecule has 1 saturated heterocycles. The molecule has 0 spiro atoms. The van der Waals surface area contributed by atoms with E-state index in [4.69, 9.17) is 10.9 Å². The van der Waals surface area contributed by atoms with Crippen molar-refractivity contribution in [1.29, 1.82) is 0 Å². The first kappa shape index (κ1) is 15.7. The molecule has 2 rings (SSSR count). The number of hydrogen-bond acceptors (Lipinski definition) is 5. The van der Waals surface area contributed by atoms with Crippen LogP contribution in [0, 0.1) is 5.82 Å². The summed E-state index contributed by atoms with van der Waals surface area (Å²) in [5.74, 6) is -0.324. The predicted octanol–water partition coefficient (Wildman–Crippen LogP) is 0.539. The first-order valence-corrected chi connectivity index (χ1v) is 8.31. The molecule has 116 valence electrons. The summed E-state index contributed by atoms with van der Waals surface area (Å²) in [7, 11) is -1.15. The Balaban J connectivity index is 2.14. The number of benzene rings is 1. The van der Waals surface area contributed by atoms with E-state index < -0.39 is 15.7 Å². The van der Waals surface area contributed by atoms with Gasteiger partial charge in [-0.25, -0.2) is 12.8 Å². The van der Waals surface area contributed by atoms with Crippen LogP contribution in [0.2, 0.25) is 0 Å². The molecule has 1 heterocycles. The highest BCUT2D eigenvalue weighted by atomic mass is 32.2. The number of halogens is 1. The second kappa shape index (κ2) is 5.98. The van der Waals surface area contributed by atoms with Crippen LogP contribution >= 0.6 is 0 Å². The Morgan fingerprint density at radius 2 is 2.24 bits per heavy atom. The molecule has 8 heteroatoms. The highest BCUT2D eigenvalue weighted by Crippen LogP contribution is 2.19. The summed E-state index contributed by atoms with van der Waals surface area (Å²) in [6.07, 6.45) is 0.585. The number of amidine groups is 1. The molecule has 0 saturated carbocycles. The van der Waals surface area contributed by atoms with Gasteiger partial charge in [-0.1, -0.05) is 5.16 Å². The van der Waals surface area contributed by atoms with Gasteiger partial charge in [-0.05, 0) is 37.2 Å². The van der Waals surface area contributed by atoms with Crippen molar-refractivity contribution in [2.75, 3.05) is 18.6 Å². The van der Waals surface area contributed by atoms with Crippen molar-refractivity contribution in [1.82, 2.24) is 4.90 Å². The van der Waals surface area contributed by atoms with E-state index in [9.17, 15) is 12.8 Å². The summed E-state index contributed by atoms with van der Waals surface area (Å²) in [6, 6.07) is 4.09. The Morgan fingerprint density at radius 1 is 1.52 bits per heavy atom. The molecule has 0 radical (unpaired) electrons. The van der Waals surface area contributed by atoms with E-state index in [-0.39, 0.29) is 23.4 Å². The van der Waals surface area contributed by atoms with Gasteiger partial charge in [0.15, 0.2) is 15.7 Å². The predicted molar refractivity (Wildman–Crippen MR) is 77.4 cm³/mol. The minimum absolute atomic E-state index is 0.0643. The van der Waals surface area contributed by atoms with Crippen LogP contribution in [0.3, 0.4) is 0 Å². The van der Waals surface area contributed by atoms with E-state index in [2.05, 4.69) is 5.16 Å². The van der Waals surface area contributed by atoms with Crippen molar-refractivity contribution in [3.63, 3.8) is 0 Å². The van der Waals surface area contributed by atoms with E-state index in [1.165, 1.54) is 12.1 Å². The Morgan fingerprint density at radius 3 is 2.81 bits per heavy atom. The molecule has 1 fully saturated rings. The summed E-state index contributed by atoms with van der Waals surface area (Å²) in [5, 5.41) is 11.5. The van der Waals surface area contributed by atoms with E-state index in [0.29, 0.717) is 24.1 Å². The SMILES string of the molecule is CN(Cc1cc(F)cc(/C(N)=N/O)c1)C1CCS(=O)(=O)C1. The fourth-order valence-electron chi connectivity index (χ4n) is 2.49. The number of sulfone groups is 1. The van der Waals surface area contributed by atoms with Crippen molar-refractivity contribution >= 4 is 15.7 Å². The molecule has 1 aliphatic rings. The molecule has 0 bridgehead atoms. The standard InChI is InChI=1S/C13H18FN3O3S/c1-17(12-2-3-21(19,20)8-12)7-9-4-10(13(15)16-18)6-11(14)5-9/h4-6,12,18H,2-3,7-8H2,1H3,(H2,15,16). The fourth-order valence-corrected chi connectivity index (χ4v) is 4.29. The molecule has 0 amide bonds. The lowest BCUT2D eigenvalue weighted by Gasteiger charge is -2.23. The van der Waals surface area contributed by atoms with Gasteiger partial charge < -0.3 is 10.9 Å². The summed E-state index contributed by atoms with van der Waals surface area (Å²) in [4.78, 5) is 1.88. The van der Waals surface area contributed by atoms with E-state index in [1.54, 1.807) is 13.1 Å². The van der Waals surface area contributed by atoms with Crippen LogP contribution in [0.15, 0.2) is 23.4 Å². The topological polar surface area (TPSA) is 96.0 Å². The molecule has 0 aromatic heterocycles. The van der Waals surface area contributed by atoms with Gasteiger partial charge in [-0.15, -0.1) is 0 Å². The van der Waals surface area contributed by atoms with Crippen molar-refractivity contribution in [3.8, 4) is 0 Å². The third-order valence-electron chi connectivity index (χ3n) is 3.62. The zero-order valence-corrected chi connectivity index (χ0v) is 12.5. The van der Waals surface area contributed by atoms with Crippen LogP contribution in [-0.2, 0) is 16.4 Å².